The summed E-state index contributed by atoms with van der Waals surface area (Å²) >= 11 is 0. The van der Waals surface area contributed by atoms with Crippen molar-refractivity contribution >= 4 is 0 Å². The van der Waals surface area contributed by atoms with Crippen LogP contribution in [-0.4, -0.2) is 11.2 Å². The normalized spacial score (nSPS) is 43.2. The van der Waals surface area contributed by atoms with Gasteiger partial charge in [0, 0.05) is 0 Å². The molecule has 1 heteroatoms. The molecule has 0 amide bonds. The molecule has 172 valence electrons. The predicted molar refractivity (Wildman–Crippen MR) is 128 cm³/mol. The molecule has 0 saturated heterocycles. The highest BCUT2D eigenvalue weighted by atomic mass is 16.3. The summed E-state index contributed by atoms with van der Waals surface area (Å²) in [5.74, 6) is 5.16. The van der Waals surface area contributed by atoms with Crippen LogP contribution in [0.4, 0.5) is 0 Å². The van der Waals surface area contributed by atoms with Gasteiger partial charge in [-0.05, 0) is 111 Å². The van der Waals surface area contributed by atoms with Crippen molar-refractivity contribution < 1.29 is 5.11 Å². The average molecular weight is 415 g/mol. The van der Waals surface area contributed by atoms with Crippen LogP contribution in [0.1, 0.15) is 119 Å². The Morgan fingerprint density at radius 3 is 2.43 bits per heavy atom. The van der Waals surface area contributed by atoms with Crippen LogP contribution in [-0.2, 0) is 0 Å². The highest BCUT2D eigenvalue weighted by molar-refractivity contribution is 5.34. The quantitative estimate of drug-likeness (QED) is 0.434. The Morgan fingerprint density at radius 2 is 1.73 bits per heavy atom. The molecule has 30 heavy (non-hydrogen) atoms. The van der Waals surface area contributed by atoms with Gasteiger partial charge in [-0.25, -0.2) is 0 Å². The summed E-state index contributed by atoms with van der Waals surface area (Å²) in [4.78, 5) is 0. The van der Waals surface area contributed by atoms with E-state index >= 15 is 0 Å². The van der Waals surface area contributed by atoms with Gasteiger partial charge in [-0.3, -0.25) is 0 Å². The fourth-order valence-corrected chi connectivity index (χ4v) is 9.10. The smallest absolute Gasteiger partial charge is 0.0543 e. The van der Waals surface area contributed by atoms with Gasteiger partial charge in [0.05, 0.1) is 6.10 Å². The number of hydrogen-bond donors (Lipinski definition) is 1. The van der Waals surface area contributed by atoms with Gasteiger partial charge >= 0.3 is 0 Å². The lowest BCUT2D eigenvalue weighted by atomic mass is 9.50. The summed E-state index contributed by atoms with van der Waals surface area (Å²) in [5.41, 5.74) is 4.76. The Hall–Kier alpha value is -0.300. The summed E-state index contributed by atoms with van der Waals surface area (Å²) in [5, 5.41) is 10.3. The first-order valence-electron chi connectivity index (χ1n) is 13.6. The van der Waals surface area contributed by atoms with Crippen molar-refractivity contribution in [2.24, 2.45) is 46.3 Å². The van der Waals surface area contributed by atoms with Crippen molar-refractivity contribution in [2.75, 3.05) is 0 Å². The Balaban J connectivity index is 1.50. The topological polar surface area (TPSA) is 20.2 Å². The van der Waals surface area contributed by atoms with E-state index in [1.54, 1.807) is 0 Å². The molecule has 1 unspecified atom stereocenters. The van der Waals surface area contributed by atoms with E-state index < -0.39 is 0 Å². The molecule has 1 nitrogen and oxygen atoms in total. The lowest BCUT2D eigenvalue weighted by molar-refractivity contribution is 0.0131. The van der Waals surface area contributed by atoms with Crippen molar-refractivity contribution in [3.8, 4) is 0 Å². The molecule has 2 fully saturated rings. The van der Waals surface area contributed by atoms with Crippen molar-refractivity contribution in [3.63, 3.8) is 0 Å². The standard InChI is InChI=1S/C29H50O/c1-7-21(19(2)3)9-8-20(4)25-12-13-26-24-11-10-22-18-23(30)14-16-28(22,5)27(24)15-17-29(25,26)6/h19-23,25-26,30H,7-18H2,1-6H3/t20-,21-,22?,23+,25-,26+,28+,29-/m1/s1. The van der Waals surface area contributed by atoms with Crippen molar-refractivity contribution in [3.05, 3.63) is 11.1 Å². The number of rotatable bonds is 6. The molecule has 0 aliphatic heterocycles. The third kappa shape index (κ3) is 3.74. The molecule has 4 aliphatic carbocycles. The molecule has 0 aromatic heterocycles. The molecular formula is C29H50O. The number of hydrogen-bond acceptors (Lipinski definition) is 1. The Bertz CT molecular complexity index is 647. The van der Waals surface area contributed by atoms with Crippen molar-refractivity contribution in [1.29, 1.82) is 0 Å². The lowest BCUT2D eigenvalue weighted by Gasteiger charge is -2.55. The van der Waals surface area contributed by atoms with Crippen LogP contribution < -0.4 is 0 Å². The number of aliphatic hydroxyl groups excluding tert-OH is 1. The zero-order valence-corrected chi connectivity index (χ0v) is 21.0. The SMILES string of the molecule is CC[C@H](CC[C@@H](C)[C@H]1CC[C@H]2C3=C(CC[C@]12C)[C@@]1(C)CC[C@H](O)CC1CC3)C(C)C. The monoisotopic (exact) mass is 414 g/mol. The molecular weight excluding hydrogens is 364 g/mol. The van der Waals surface area contributed by atoms with Crippen molar-refractivity contribution in [2.45, 2.75) is 125 Å². The fraction of sp³-hybridized carbons (Fsp3) is 0.931. The Labute approximate surface area is 187 Å². The largest absolute Gasteiger partial charge is 0.393 e. The molecule has 0 bridgehead atoms. The van der Waals surface area contributed by atoms with Gasteiger partial charge in [0.2, 0.25) is 0 Å². The zero-order valence-electron chi connectivity index (χ0n) is 21.0. The summed E-state index contributed by atoms with van der Waals surface area (Å²) in [7, 11) is 0. The molecule has 4 rings (SSSR count). The summed E-state index contributed by atoms with van der Waals surface area (Å²) in [6.07, 6.45) is 15.9. The summed E-state index contributed by atoms with van der Waals surface area (Å²) < 4.78 is 0. The molecule has 8 atom stereocenters. The van der Waals surface area contributed by atoms with Crippen LogP contribution in [0.25, 0.3) is 0 Å². The number of allylic oxidation sites excluding steroid dienone is 2. The number of aliphatic hydroxyl groups is 1. The van der Waals surface area contributed by atoms with Crippen LogP contribution in [0, 0.1) is 46.3 Å². The van der Waals surface area contributed by atoms with Gasteiger partial charge in [-0.2, -0.15) is 0 Å². The van der Waals surface area contributed by atoms with Crippen LogP contribution in [0.3, 0.4) is 0 Å². The second kappa shape index (κ2) is 8.57. The van der Waals surface area contributed by atoms with E-state index in [0.29, 0.717) is 10.8 Å². The average Bonchev–Trinajstić information content (AvgIpc) is 3.06. The third-order valence-corrected chi connectivity index (χ3v) is 11.2. The first kappa shape index (κ1) is 22.9. The minimum atomic E-state index is -0.0337. The molecule has 0 spiro atoms. The fourth-order valence-electron chi connectivity index (χ4n) is 9.10. The summed E-state index contributed by atoms with van der Waals surface area (Å²) in [6, 6.07) is 0. The van der Waals surface area contributed by atoms with Gasteiger partial charge in [-0.15, -0.1) is 0 Å². The predicted octanol–water partition coefficient (Wildman–Crippen LogP) is 8.17. The van der Waals surface area contributed by atoms with Crippen LogP contribution in [0.2, 0.25) is 0 Å². The minimum absolute atomic E-state index is 0.0337. The van der Waals surface area contributed by atoms with E-state index in [9.17, 15) is 5.11 Å². The van der Waals surface area contributed by atoms with E-state index in [-0.39, 0.29) is 6.10 Å². The second-order valence-corrected chi connectivity index (χ2v) is 12.8. The molecule has 0 radical (unpaired) electrons. The van der Waals surface area contributed by atoms with Gasteiger partial charge in [-0.1, -0.05) is 65.5 Å². The summed E-state index contributed by atoms with van der Waals surface area (Å²) in [6.45, 7) is 15.1. The maximum Gasteiger partial charge on any atom is 0.0543 e. The van der Waals surface area contributed by atoms with Gasteiger partial charge in [0.25, 0.3) is 0 Å². The maximum absolute atomic E-state index is 10.3. The Kier molecular flexibility index (Phi) is 6.53. The van der Waals surface area contributed by atoms with Gasteiger partial charge < -0.3 is 5.11 Å². The number of fused-ring (bicyclic) bond motifs is 4. The highest BCUT2D eigenvalue weighted by Gasteiger charge is 2.55. The molecule has 0 heterocycles. The maximum atomic E-state index is 10.3. The van der Waals surface area contributed by atoms with Crippen LogP contribution in [0.15, 0.2) is 11.1 Å². The van der Waals surface area contributed by atoms with Crippen molar-refractivity contribution in [1.82, 2.24) is 0 Å². The Morgan fingerprint density at radius 1 is 0.967 bits per heavy atom. The second-order valence-electron chi connectivity index (χ2n) is 12.8. The molecule has 0 aromatic rings. The van der Waals surface area contributed by atoms with E-state index in [1.165, 1.54) is 64.2 Å². The minimum Gasteiger partial charge on any atom is -0.393 e. The van der Waals surface area contributed by atoms with E-state index in [2.05, 4.69) is 41.5 Å². The third-order valence-electron chi connectivity index (χ3n) is 11.2. The zero-order chi connectivity index (χ0) is 21.7. The van der Waals surface area contributed by atoms with E-state index in [0.717, 1.165) is 48.3 Å². The molecule has 0 aromatic carbocycles. The van der Waals surface area contributed by atoms with E-state index in [4.69, 9.17) is 0 Å². The van der Waals surface area contributed by atoms with E-state index in [1.807, 2.05) is 11.1 Å². The molecule has 4 aliphatic rings. The van der Waals surface area contributed by atoms with Gasteiger partial charge in [0.15, 0.2) is 0 Å². The molecule has 2 saturated carbocycles. The highest BCUT2D eigenvalue weighted by Crippen LogP contribution is 2.66. The first-order valence-corrected chi connectivity index (χ1v) is 13.6. The van der Waals surface area contributed by atoms with Crippen LogP contribution in [0.5, 0.6) is 0 Å². The lowest BCUT2D eigenvalue weighted by Crippen LogP contribution is -2.45. The van der Waals surface area contributed by atoms with Crippen LogP contribution >= 0.6 is 0 Å². The first-order chi connectivity index (χ1) is 14.2. The molecule has 1 N–H and O–H groups in total. The van der Waals surface area contributed by atoms with Gasteiger partial charge in [0.1, 0.15) is 0 Å².